The van der Waals surface area contributed by atoms with Crippen LogP contribution in [-0.2, 0) is 11.3 Å². The SMILES string of the molecule is COc1cc(Cl)ccc1C(=O)OCCCn1c(=O)[nH]c2ccccc2c1=O. The van der Waals surface area contributed by atoms with E-state index in [1.807, 2.05) is 0 Å². The molecule has 0 saturated heterocycles. The smallest absolute Gasteiger partial charge is 0.341 e. The molecule has 0 unspecified atom stereocenters. The number of carbonyl (C=O) groups excluding carboxylic acids is 1. The monoisotopic (exact) mass is 388 g/mol. The molecule has 8 heteroatoms. The quantitative estimate of drug-likeness (QED) is 0.517. The van der Waals surface area contributed by atoms with E-state index in [0.29, 0.717) is 28.1 Å². The van der Waals surface area contributed by atoms with Gasteiger partial charge in [-0.3, -0.25) is 9.36 Å². The Labute approximate surface area is 159 Å². The molecule has 0 spiro atoms. The molecule has 1 N–H and O–H groups in total. The molecule has 0 atom stereocenters. The van der Waals surface area contributed by atoms with Gasteiger partial charge in [0.25, 0.3) is 5.56 Å². The van der Waals surface area contributed by atoms with E-state index in [-0.39, 0.29) is 24.3 Å². The van der Waals surface area contributed by atoms with Crippen molar-refractivity contribution in [3.63, 3.8) is 0 Å². The highest BCUT2D eigenvalue weighted by Gasteiger charge is 2.14. The summed E-state index contributed by atoms with van der Waals surface area (Å²) in [7, 11) is 1.43. The molecule has 0 aliphatic rings. The lowest BCUT2D eigenvalue weighted by Crippen LogP contribution is -2.35. The molecule has 2 aromatic carbocycles. The lowest BCUT2D eigenvalue weighted by Gasteiger charge is -2.10. The van der Waals surface area contributed by atoms with Crippen LogP contribution in [0.2, 0.25) is 5.02 Å². The zero-order valence-electron chi connectivity index (χ0n) is 14.5. The van der Waals surface area contributed by atoms with Crippen LogP contribution in [0.5, 0.6) is 5.75 Å². The maximum Gasteiger partial charge on any atom is 0.341 e. The van der Waals surface area contributed by atoms with Gasteiger partial charge in [0.15, 0.2) is 0 Å². The van der Waals surface area contributed by atoms with E-state index in [1.165, 1.54) is 19.2 Å². The number of nitrogens with zero attached hydrogens (tertiary/aromatic N) is 1. The van der Waals surface area contributed by atoms with Gasteiger partial charge < -0.3 is 14.5 Å². The second-order valence-electron chi connectivity index (χ2n) is 5.77. The molecule has 1 heterocycles. The third-order valence-corrected chi connectivity index (χ3v) is 4.27. The van der Waals surface area contributed by atoms with Crippen molar-refractivity contribution in [2.24, 2.45) is 0 Å². The van der Waals surface area contributed by atoms with Crippen LogP contribution >= 0.6 is 11.6 Å². The normalized spacial score (nSPS) is 10.7. The molecule has 27 heavy (non-hydrogen) atoms. The minimum absolute atomic E-state index is 0.0450. The van der Waals surface area contributed by atoms with E-state index < -0.39 is 11.7 Å². The molecule has 1 aromatic heterocycles. The predicted octanol–water partition coefficient (Wildman–Crippen LogP) is 2.60. The van der Waals surface area contributed by atoms with Gasteiger partial charge in [-0.2, -0.15) is 0 Å². The maximum atomic E-state index is 12.4. The molecule has 0 fully saturated rings. The Morgan fingerprint density at radius 2 is 1.96 bits per heavy atom. The second-order valence-corrected chi connectivity index (χ2v) is 6.20. The highest BCUT2D eigenvalue weighted by atomic mass is 35.5. The van der Waals surface area contributed by atoms with Crippen LogP contribution in [0.1, 0.15) is 16.8 Å². The molecule has 0 radical (unpaired) electrons. The number of hydrogen-bond donors (Lipinski definition) is 1. The number of para-hydroxylation sites is 1. The average molecular weight is 389 g/mol. The van der Waals surface area contributed by atoms with Crippen molar-refractivity contribution in [3.05, 3.63) is 73.9 Å². The van der Waals surface area contributed by atoms with Gasteiger partial charge >= 0.3 is 11.7 Å². The molecule has 3 rings (SSSR count). The highest BCUT2D eigenvalue weighted by Crippen LogP contribution is 2.23. The van der Waals surface area contributed by atoms with Crippen LogP contribution in [-0.4, -0.2) is 29.2 Å². The summed E-state index contributed by atoms with van der Waals surface area (Å²) in [6.07, 6.45) is 0.309. The van der Waals surface area contributed by atoms with Crippen LogP contribution in [0.15, 0.2) is 52.1 Å². The van der Waals surface area contributed by atoms with Crippen molar-refractivity contribution in [2.75, 3.05) is 13.7 Å². The Balaban J connectivity index is 1.66. The summed E-state index contributed by atoms with van der Waals surface area (Å²) in [5.41, 5.74) is -0.128. The zero-order chi connectivity index (χ0) is 19.4. The summed E-state index contributed by atoms with van der Waals surface area (Å²) in [6, 6.07) is 11.4. The third-order valence-electron chi connectivity index (χ3n) is 4.03. The van der Waals surface area contributed by atoms with Crippen molar-refractivity contribution in [3.8, 4) is 5.75 Å². The minimum atomic E-state index is -0.566. The van der Waals surface area contributed by atoms with E-state index in [9.17, 15) is 14.4 Å². The van der Waals surface area contributed by atoms with Gasteiger partial charge in [-0.15, -0.1) is 0 Å². The van der Waals surface area contributed by atoms with Crippen molar-refractivity contribution in [1.29, 1.82) is 0 Å². The number of benzene rings is 2. The predicted molar refractivity (Wildman–Crippen MR) is 102 cm³/mol. The van der Waals surface area contributed by atoms with Crippen LogP contribution in [0.25, 0.3) is 10.9 Å². The highest BCUT2D eigenvalue weighted by molar-refractivity contribution is 6.30. The lowest BCUT2D eigenvalue weighted by molar-refractivity contribution is 0.0492. The first kappa shape index (κ1) is 18.7. The fourth-order valence-corrected chi connectivity index (χ4v) is 2.86. The minimum Gasteiger partial charge on any atom is -0.496 e. The molecule has 0 aliphatic heterocycles. The number of ether oxygens (including phenoxy) is 2. The molecular formula is C19H17ClN2O5. The second kappa shape index (κ2) is 8.09. The Bertz CT molecular complexity index is 1100. The summed E-state index contributed by atoms with van der Waals surface area (Å²) in [5.74, 6) is -0.252. The first-order chi connectivity index (χ1) is 13.0. The fraction of sp³-hybridized carbons (Fsp3) is 0.211. The first-order valence-corrected chi connectivity index (χ1v) is 8.61. The first-order valence-electron chi connectivity index (χ1n) is 8.24. The third kappa shape index (κ3) is 4.03. The Kier molecular flexibility index (Phi) is 5.61. The maximum absolute atomic E-state index is 12.4. The standard InChI is InChI=1S/C19H17ClN2O5/c1-26-16-11-12(20)7-8-14(16)18(24)27-10-4-9-22-17(23)13-5-2-3-6-15(13)21-19(22)25/h2-3,5-8,11H,4,9-10H2,1H3,(H,21,25). The van der Waals surface area contributed by atoms with E-state index in [4.69, 9.17) is 21.1 Å². The molecule has 7 nitrogen and oxygen atoms in total. The van der Waals surface area contributed by atoms with E-state index in [1.54, 1.807) is 30.3 Å². The number of rotatable bonds is 6. The molecule has 0 saturated carbocycles. The Hall–Kier alpha value is -3.06. The molecule has 0 amide bonds. The lowest BCUT2D eigenvalue weighted by atomic mass is 10.2. The summed E-state index contributed by atoms with van der Waals surface area (Å²) < 4.78 is 11.4. The number of hydrogen-bond acceptors (Lipinski definition) is 5. The fourth-order valence-electron chi connectivity index (χ4n) is 2.70. The molecular weight excluding hydrogens is 372 g/mol. The van der Waals surface area contributed by atoms with Gasteiger partial charge in [0.1, 0.15) is 11.3 Å². The molecule has 140 valence electrons. The van der Waals surface area contributed by atoms with Crippen molar-refractivity contribution in [1.82, 2.24) is 9.55 Å². The number of halogens is 1. The molecule has 3 aromatic rings. The largest absolute Gasteiger partial charge is 0.496 e. The van der Waals surface area contributed by atoms with Crippen LogP contribution in [0, 0.1) is 0 Å². The van der Waals surface area contributed by atoms with Gasteiger partial charge in [0, 0.05) is 11.6 Å². The van der Waals surface area contributed by atoms with Gasteiger partial charge in [0.2, 0.25) is 0 Å². The molecule has 0 aliphatic carbocycles. The number of esters is 1. The zero-order valence-corrected chi connectivity index (χ0v) is 15.3. The van der Waals surface area contributed by atoms with Crippen LogP contribution < -0.4 is 16.0 Å². The number of carbonyl (C=O) groups is 1. The number of fused-ring (bicyclic) bond motifs is 1. The van der Waals surface area contributed by atoms with Crippen molar-refractivity contribution < 1.29 is 14.3 Å². The van der Waals surface area contributed by atoms with Crippen molar-refractivity contribution >= 4 is 28.5 Å². The van der Waals surface area contributed by atoms with Crippen LogP contribution in [0.4, 0.5) is 0 Å². The number of methoxy groups -OCH3 is 1. The number of H-pyrrole nitrogens is 1. The van der Waals surface area contributed by atoms with E-state index in [2.05, 4.69) is 4.98 Å². The number of aromatic nitrogens is 2. The van der Waals surface area contributed by atoms with Gasteiger partial charge in [-0.25, -0.2) is 9.59 Å². The van der Waals surface area contributed by atoms with Gasteiger partial charge in [-0.05, 0) is 36.8 Å². The summed E-state index contributed by atoms with van der Waals surface area (Å²) in [4.78, 5) is 39.3. The summed E-state index contributed by atoms with van der Waals surface area (Å²) in [6.45, 7) is 0.174. The Morgan fingerprint density at radius 1 is 1.19 bits per heavy atom. The number of aromatic amines is 1. The van der Waals surface area contributed by atoms with Gasteiger partial charge in [-0.1, -0.05) is 23.7 Å². The molecule has 0 bridgehead atoms. The Morgan fingerprint density at radius 3 is 2.74 bits per heavy atom. The van der Waals surface area contributed by atoms with Crippen LogP contribution in [0.3, 0.4) is 0 Å². The number of nitrogens with one attached hydrogen (secondary N) is 1. The average Bonchev–Trinajstić information content (AvgIpc) is 2.66. The summed E-state index contributed by atoms with van der Waals surface area (Å²) >= 11 is 5.87. The van der Waals surface area contributed by atoms with E-state index >= 15 is 0 Å². The topological polar surface area (TPSA) is 90.4 Å². The van der Waals surface area contributed by atoms with E-state index in [0.717, 1.165) is 4.57 Å². The summed E-state index contributed by atoms with van der Waals surface area (Å²) in [5, 5.41) is 0.873. The van der Waals surface area contributed by atoms with Crippen molar-refractivity contribution in [2.45, 2.75) is 13.0 Å². The van der Waals surface area contributed by atoms with Gasteiger partial charge in [0.05, 0.1) is 24.6 Å².